The molecule has 2 aliphatic rings. The minimum atomic E-state index is -0.591. The van der Waals surface area contributed by atoms with Crippen LogP contribution in [0.1, 0.15) is 31.7 Å². The SMILES string of the molecule is C/C=C/c1ccc(OCC(O)CN2CCCCC2C2OCCO2)c(OC)c1. The maximum absolute atomic E-state index is 10.5. The van der Waals surface area contributed by atoms with Crippen molar-refractivity contribution in [2.75, 3.05) is 40.0 Å². The molecule has 0 aliphatic carbocycles. The van der Waals surface area contributed by atoms with Crippen molar-refractivity contribution in [3.8, 4) is 11.5 Å². The highest BCUT2D eigenvalue weighted by atomic mass is 16.7. The summed E-state index contributed by atoms with van der Waals surface area (Å²) in [5.41, 5.74) is 1.05. The Hall–Kier alpha value is -1.60. The van der Waals surface area contributed by atoms with E-state index in [-0.39, 0.29) is 18.9 Å². The van der Waals surface area contributed by atoms with Gasteiger partial charge in [0.15, 0.2) is 17.8 Å². The summed E-state index contributed by atoms with van der Waals surface area (Å²) in [7, 11) is 1.62. The highest BCUT2D eigenvalue weighted by Gasteiger charge is 2.34. The van der Waals surface area contributed by atoms with Crippen molar-refractivity contribution in [1.82, 2.24) is 4.90 Å². The summed E-state index contributed by atoms with van der Waals surface area (Å²) in [5.74, 6) is 1.31. The number of β-amino-alcohol motifs (C(OH)–C–C–N with tert-alkyl or cyclic N) is 1. The van der Waals surface area contributed by atoms with Gasteiger partial charge in [-0.3, -0.25) is 4.90 Å². The molecule has 2 aliphatic heterocycles. The summed E-state index contributed by atoms with van der Waals surface area (Å²) in [6, 6.07) is 5.99. The Kier molecular flexibility index (Phi) is 7.52. The lowest BCUT2D eigenvalue weighted by Crippen LogP contribution is -2.50. The number of likely N-dealkylation sites (tertiary alicyclic amines) is 1. The second-order valence-electron chi connectivity index (χ2n) is 7.04. The Bertz CT molecular complexity index is 615. The van der Waals surface area contributed by atoms with E-state index in [0.717, 1.165) is 24.9 Å². The molecule has 2 atom stereocenters. The first kappa shape index (κ1) is 20.1. The molecule has 1 aromatic carbocycles. The first-order valence-electron chi connectivity index (χ1n) is 9.80. The molecule has 1 N–H and O–H groups in total. The summed E-state index contributed by atoms with van der Waals surface area (Å²) >= 11 is 0. The standard InChI is InChI=1S/C21H31NO5/c1-3-6-16-8-9-19(20(13-16)24-2)27-15-17(23)14-22-10-5-4-7-18(22)21-25-11-12-26-21/h3,6,8-9,13,17-18,21,23H,4-5,7,10-12,14-15H2,1-2H3/b6-3+. The van der Waals surface area contributed by atoms with Gasteiger partial charge in [-0.2, -0.15) is 0 Å². The predicted molar refractivity (Wildman–Crippen MR) is 104 cm³/mol. The largest absolute Gasteiger partial charge is 0.493 e. The first-order valence-corrected chi connectivity index (χ1v) is 9.80. The Balaban J connectivity index is 1.54. The van der Waals surface area contributed by atoms with Gasteiger partial charge in [0, 0.05) is 6.54 Å². The molecule has 3 rings (SSSR count). The predicted octanol–water partition coefficient (Wildman–Crippen LogP) is 2.70. The highest BCUT2D eigenvalue weighted by Crippen LogP contribution is 2.29. The monoisotopic (exact) mass is 377 g/mol. The highest BCUT2D eigenvalue weighted by molar-refractivity contribution is 5.55. The average molecular weight is 377 g/mol. The van der Waals surface area contributed by atoms with Crippen molar-refractivity contribution in [2.45, 2.75) is 44.6 Å². The second kappa shape index (κ2) is 10.1. The third-order valence-electron chi connectivity index (χ3n) is 5.05. The normalized spacial score (nSPS) is 23.0. The van der Waals surface area contributed by atoms with Crippen molar-refractivity contribution in [3.05, 3.63) is 29.8 Å². The maximum Gasteiger partial charge on any atom is 0.173 e. The van der Waals surface area contributed by atoms with Crippen LogP contribution in [0, 0.1) is 0 Å². The molecule has 1 aromatic rings. The van der Waals surface area contributed by atoms with Crippen LogP contribution in [0.5, 0.6) is 11.5 Å². The number of hydrogen-bond donors (Lipinski definition) is 1. The van der Waals surface area contributed by atoms with E-state index in [4.69, 9.17) is 18.9 Å². The third kappa shape index (κ3) is 5.45. The zero-order valence-corrected chi connectivity index (χ0v) is 16.3. The van der Waals surface area contributed by atoms with Gasteiger partial charge in [0.05, 0.1) is 26.4 Å². The number of piperidine rings is 1. The van der Waals surface area contributed by atoms with Gasteiger partial charge in [0.1, 0.15) is 12.7 Å². The number of aliphatic hydroxyl groups excluding tert-OH is 1. The van der Waals surface area contributed by atoms with Gasteiger partial charge in [-0.25, -0.2) is 0 Å². The summed E-state index contributed by atoms with van der Waals surface area (Å²) < 4.78 is 22.6. The van der Waals surface area contributed by atoms with Crippen LogP contribution in [-0.4, -0.2) is 68.5 Å². The fraction of sp³-hybridized carbons (Fsp3) is 0.619. The number of ether oxygens (including phenoxy) is 4. The van der Waals surface area contributed by atoms with Gasteiger partial charge < -0.3 is 24.1 Å². The fourth-order valence-corrected chi connectivity index (χ4v) is 3.76. The van der Waals surface area contributed by atoms with E-state index in [1.54, 1.807) is 7.11 Å². The van der Waals surface area contributed by atoms with Crippen molar-refractivity contribution >= 4 is 6.08 Å². The summed E-state index contributed by atoms with van der Waals surface area (Å²) in [6.07, 6.45) is 6.57. The molecular formula is C21H31NO5. The van der Waals surface area contributed by atoms with Crippen LogP contribution in [0.2, 0.25) is 0 Å². The van der Waals surface area contributed by atoms with Gasteiger partial charge in [-0.05, 0) is 44.0 Å². The van der Waals surface area contributed by atoms with Crippen LogP contribution in [0.15, 0.2) is 24.3 Å². The summed E-state index contributed by atoms with van der Waals surface area (Å²) in [6.45, 7) is 5.00. The summed E-state index contributed by atoms with van der Waals surface area (Å²) in [5, 5.41) is 10.5. The molecule has 2 fully saturated rings. The molecule has 0 radical (unpaired) electrons. The lowest BCUT2D eigenvalue weighted by atomic mass is 10.0. The van der Waals surface area contributed by atoms with E-state index in [1.807, 2.05) is 37.3 Å². The van der Waals surface area contributed by atoms with Gasteiger partial charge in [-0.1, -0.05) is 24.6 Å². The van der Waals surface area contributed by atoms with Crippen LogP contribution < -0.4 is 9.47 Å². The van der Waals surface area contributed by atoms with Crippen molar-refractivity contribution < 1.29 is 24.1 Å². The molecule has 2 heterocycles. The minimum absolute atomic E-state index is 0.169. The average Bonchev–Trinajstić information content (AvgIpc) is 3.22. The van der Waals surface area contributed by atoms with Crippen LogP contribution in [0.25, 0.3) is 6.08 Å². The number of aliphatic hydroxyl groups is 1. The molecule has 2 saturated heterocycles. The molecule has 0 aromatic heterocycles. The second-order valence-corrected chi connectivity index (χ2v) is 7.04. The summed E-state index contributed by atoms with van der Waals surface area (Å²) in [4.78, 5) is 2.28. The van der Waals surface area contributed by atoms with E-state index in [1.165, 1.54) is 6.42 Å². The van der Waals surface area contributed by atoms with Crippen molar-refractivity contribution in [3.63, 3.8) is 0 Å². The number of nitrogens with zero attached hydrogens (tertiary/aromatic N) is 1. The molecule has 0 saturated carbocycles. The van der Waals surface area contributed by atoms with Crippen molar-refractivity contribution in [2.24, 2.45) is 0 Å². The Morgan fingerprint density at radius 2 is 2.07 bits per heavy atom. The molecule has 0 amide bonds. The topological polar surface area (TPSA) is 60.4 Å². The van der Waals surface area contributed by atoms with Crippen LogP contribution in [-0.2, 0) is 9.47 Å². The smallest absolute Gasteiger partial charge is 0.173 e. The van der Waals surface area contributed by atoms with Gasteiger partial charge in [0.2, 0.25) is 0 Å². The number of hydrogen-bond acceptors (Lipinski definition) is 6. The fourth-order valence-electron chi connectivity index (χ4n) is 3.76. The zero-order chi connectivity index (χ0) is 19.1. The van der Waals surface area contributed by atoms with Gasteiger partial charge >= 0.3 is 0 Å². The van der Waals surface area contributed by atoms with E-state index in [9.17, 15) is 5.11 Å². The molecule has 0 spiro atoms. The molecule has 6 nitrogen and oxygen atoms in total. The zero-order valence-electron chi connectivity index (χ0n) is 16.3. The molecule has 27 heavy (non-hydrogen) atoms. The van der Waals surface area contributed by atoms with Gasteiger partial charge in [-0.15, -0.1) is 0 Å². The van der Waals surface area contributed by atoms with Crippen LogP contribution in [0.4, 0.5) is 0 Å². The maximum atomic E-state index is 10.5. The molecule has 2 unspecified atom stereocenters. The first-order chi connectivity index (χ1) is 13.2. The molecule has 6 heteroatoms. The Morgan fingerprint density at radius 3 is 2.81 bits per heavy atom. The quantitative estimate of drug-likeness (QED) is 0.752. The molecule has 150 valence electrons. The Labute approximate surface area is 161 Å². The number of allylic oxidation sites excluding steroid dienone is 1. The van der Waals surface area contributed by atoms with Crippen LogP contribution >= 0.6 is 0 Å². The lowest BCUT2D eigenvalue weighted by molar-refractivity contribution is -0.115. The van der Waals surface area contributed by atoms with E-state index in [2.05, 4.69) is 4.90 Å². The van der Waals surface area contributed by atoms with E-state index in [0.29, 0.717) is 31.3 Å². The minimum Gasteiger partial charge on any atom is -0.493 e. The number of rotatable bonds is 8. The van der Waals surface area contributed by atoms with Gasteiger partial charge in [0.25, 0.3) is 0 Å². The van der Waals surface area contributed by atoms with E-state index >= 15 is 0 Å². The van der Waals surface area contributed by atoms with Crippen LogP contribution in [0.3, 0.4) is 0 Å². The van der Waals surface area contributed by atoms with Crippen molar-refractivity contribution in [1.29, 1.82) is 0 Å². The molecular weight excluding hydrogens is 346 g/mol. The lowest BCUT2D eigenvalue weighted by Gasteiger charge is -2.38. The molecule has 0 bridgehead atoms. The number of methoxy groups -OCH3 is 1. The van der Waals surface area contributed by atoms with E-state index < -0.39 is 6.10 Å². The third-order valence-corrected chi connectivity index (χ3v) is 5.05. The number of benzene rings is 1. The Morgan fingerprint density at radius 1 is 1.26 bits per heavy atom.